The van der Waals surface area contributed by atoms with Gasteiger partial charge < -0.3 is 29.5 Å². The zero-order valence-electron chi connectivity index (χ0n) is 23.3. The van der Waals surface area contributed by atoms with Gasteiger partial charge in [-0.2, -0.15) is 0 Å². The minimum Gasteiger partial charge on any atom is -0.505 e. The monoisotopic (exact) mass is 698 g/mol. The molecule has 3 aromatic rings. The lowest BCUT2D eigenvalue weighted by Gasteiger charge is -2.51. The zero-order valence-corrected chi connectivity index (χ0v) is 27.2. The summed E-state index contributed by atoms with van der Waals surface area (Å²) in [5.41, 5.74) is -2.44. The van der Waals surface area contributed by atoms with E-state index >= 15 is 0 Å². The Morgan fingerprint density at radius 1 is 0.833 bits per heavy atom. The number of ether oxygens (including phenoxy) is 3. The van der Waals surface area contributed by atoms with Gasteiger partial charge in [0.15, 0.2) is 11.4 Å². The Balaban J connectivity index is 1.89. The molecule has 0 saturated heterocycles. The van der Waals surface area contributed by atoms with Gasteiger partial charge in [-0.05, 0) is 57.4 Å². The number of aromatic hydroxyl groups is 2. The minimum atomic E-state index is -2.63. The zero-order chi connectivity index (χ0) is 31.2. The van der Waals surface area contributed by atoms with E-state index in [4.69, 9.17) is 49.0 Å². The van der Waals surface area contributed by atoms with Crippen molar-refractivity contribution in [2.24, 2.45) is 5.92 Å². The molecule has 0 saturated carbocycles. The highest BCUT2D eigenvalue weighted by Crippen LogP contribution is 2.60. The molecular weight excluding hydrogens is 675 g/mol. The topological polar surface area (TPSA) is 123 Å². The van der Waals surface area contributed by atoms with Crippen molar-refractivity contribution >= 4 is 62.3 Å². The second kappa shape index (κ2) is 10.2. The van der Waals surface area contributed by atoms with Gasteiger partial charge in [-0.1, -0.05) is 48.7 Å². The van der Waals surface area contributed by atoms with Crippen molar-refractivity contribution in [1.82, 2.24) is 0 Å². The molecule has 3 N–H and O–H groups in total. The number of ketones is 2. The maximum Gasteiger partial charge on any atom is 0.206 e. The number of benzene rings is 3. The molecule has 222 valence electrons. The standard InChI is InChI=1S/C30H26BrCl3O8/c1-10-17(13(40-4)9-15(42-6)22(10)32)11-7-14(41-5)23(33)12-8-16-29(2,3)20-19(25(35)24(34)26(36)21(20)31)28(38)30(16,39)27(37)18(11)12/h7,9,16,35-36,39H,8H2,1-6H3. The van der Waals surface area contributed by atoms with Crippen LogP contribution in [0.4, 0.5) is 0 Å². The van der Waals surface area contributed by atoms with Gasteiger partial charge in [-0.3, -0.25) is 9.59 Å². The van der Waals surface area contributed by atoms with Crippen LogP contribution in [-0.4, -0.2) is 53.8 Å². The third kappa shape index (κ3) is 3.83. The number of rotatable bonds is 4. The van der Waals surface area contributed by atoms with Crippen LogP contribution in [0.15, 0.2) is 16.6 Å². The Morgan fingerprint density at radius 2 is 1.38 bits per heavy atom. The molecule has 0 aliphatic heterocycles. The first-order valence-electron chi connectivity index (χ1n) is 12.7. The third-order valence-electron chi connectivity index (χ3n) is 8.59. The number of Topliss-reactive ketones (excluding diaryl/α,β-unsaturated/α-hetero) is 2. The number of methoxy groups -OCH3 is 3. The van der Waals surface area contributed by atoms with Crippen molar-refractivity contribution < 1.29 is 39.1 Å². The fourth-order valence-electron chi connectivity index (χ4n) is 6.46. The van der Waals surface area contributed by atoms with Crippen molar-refractivity contribution in [1.29, 1.82) is 0 Å². The summed E-state index contributed by atoms with van der Waals surface area (Å²) in [4.78, 5) is 28.8. The second-order valence-electron chi connectivity index (χ2n) is 10.9. The summed E-state index contributed by atoms with van der Waals surface area (Å²) in [5, 5.41) is 33.7. The Morgan fingerprint density at radius 3 is 1.95 bits per heavy atom. The van der Waals surface area contributed by atoms with Gasteiger partial charge in [0, 0.05) is 28.7 Å². The van der Waals surface area contributed by atoms with Crippen molar-refractivity contribution in [2.45, 2.75) is 38.2 Å². The minimum absolute atomic E-state index is 0.0155. The third-order valence-corrected chi connectivity index (χ3v) is 10.6. The van der Waals surface area contributed by atoms with Crippen LogP contribution in [0.5, 0.6) is 28.7 Å². The Hall–Kier alpha value is -2.69. The summed E-state index contributed by atoms with van der Waals surface area (Å²) in [7, 11) is 4.33. The predicted octanol–water partition coefficient (Wildman–Crippen LogP) is 7.08. The summed E-state index contributed by atoms with van der Waals surface area (Å²) in [6.07, 6.45) is -0.0410. The van der Waals surface area contributed by atoms with Crippen LogP contribution in [0, 0.1) is 12.8 Å². The van der Waals surface area contributed by atoms with E-state index in [2.05, 4.69) is 15.9 Å². The molecule has 0 bridgehead atoms. The van der Waals surface area contributed by atoms with Crippen LogP contribution in [0.3, 0.4) is 0 Å². The van der Waals surface area contributed by atoms with E-state index in [9.17, 15) is 24.9 Å². The van der Waals surface area contributed by atoms with Crippen molar-refractivity contribution in [3.8, 4) is 39.9 Å². The SMILES string of the molecule is COc1cc(OC)c(-c2cc(OC)c(Cl)c3c2C(=O)C2(O)C(=O)c4c(O)c(Cl)c(O)c(Br)c4C(C)(C)C2C3)c(C)c1Cl. The number of hydrogen-bond acceptors (Lipinski definition) is 8. The summed E-state index contributed by atoms with van der Waals surface area (Å²) in [6, 6.07) is 3.10. The Kier molecular flexibility index (Phi) is 7.47. The maximum atomic E-state index is 14.6. The quantitative estimate of drug-likeness (QED) is 0.247. The van der Waals surface area contributed by atoms with Gasteiger partial charge in [0.05, 0.1) is 41.4 Å². The van der Waals surface area contributed by atoms with E-state index in [1.165, 1.54) is 27.4 Å². The maximum absolute atomic E-state index is 14.6. The predicted molar refractivity (Wildman–Crippen MR) is 163 cm³/mol. The highest BCUT2D eigenvalue weighted by atomic mass is 79.9. The first-order valence-corrected chi connectivity index (χ1v) is 14.6. The van der Waals surface area contributed by atoms with E-state index in [0.29, 0.717) is 28.2 Å². The lowest BCUT2D eigenvalue weighted by molar-refractivity contribution is -0.0204. The fraction of sp³-hybridized carbons (Fsp3) is 0.333. The van der Waals surface area contributed by atoms with E-state index in [1.54, 1.807) is 26.8 Å². The average Bonchev–Trinajstić information content (AvgIpc) is 2.95. The van der Waals surface area contributed by atoms with Gasteiger partial charge in [-0.15, -0.1) is 0 Å². The Labute approximate surface area is 265 Å². The van der Waals surface area contributed by atoms with Gasteiger partial charge in [-0.25, -0.2) is 0 Å². The van der Waals surface area contributed by atoms with Crippen LogP contribution in [0.2, 0.25) is 15.1 Å². The fourth-order valence-corrected chi connectivity index (χ4v) is 8.20. The molecule has 3 aromatic carbocycles. The molecule has 2 aliphatic carbocycles. The number of aliphatic hydroxyl groups is 1. The number of phenols is 2. The van der Waals surface area contributed by atoms with Gasteiger partial charge >= 0.3 is 0 Å². The van der Waals surface area contributed by atoms with E-state index in [1.807, 2.05) is 0 Å². The molecule has 0 aromatic heterocycles. The summed E-state index contributed by atoms with van der Waals surface area (Å²) < 4.78 is 16.7. The number of carbonyl (C=O) groups excluding carboxylic acids is 2. The van der Waals surface area contributed by atoms with Crippen LogP contribution in [0.25, 0.3) is 11.1 Å². The average molecular weight is 701 g/mol. The number of fused-ring (bicyclic) bond motifs is 3. The van der Waals surface area contributed by atoms with Crippen LogP contribution < -0.4 is 14.2 Å². The van der Waals surface area contributed by atoms with Crippen molar-refractivity contribution in [3.05, 3.63) is 59.5 Å². The number of carbonyl (C=O) groups is 2. The number of halogens is 4. The highest BCUT2D eigenvalue weighted by Gasteiger charge is 2.64. The molecule has 0 amide bonds. The molecule has 0 heterocycles. The van der Waals surface area contributed by atoms with Crippen molar-refractivity contribution in [2.75, 3.05) is 21.3 Å². The first kappa shape index (κ1) is 30.8. The smallest absolute Gasteiger partial charge is 0.206 e. The second-order valence-corrected chi connectivity index (χ2v) is 12.8. The number of phenolic OH excluding ortho intramolecular Hbond substituents is 2. The summed E-state index contributed by atoms with van der Waals surface area (Å²) >= 11 is 22.9. The highest BCUT2D eigenvalue weighted by molar-refractivity contribution is 9.10. The molecule has 2 aliphatic rings. The molecular formula is C30H26BrCl3O8. The number of hydrogen-bond donors (Lipinski definition) is 3. The van der Waals surface area contributed by atoms with Crippen LogP contribution in [0.1, 0.15) is 51.3 Å². The molecule has 5 rings (SSSR count). The first-order chi connectivity index (χ1) is 19.6. The van der Waals surface area contributed by atoms with Gasteiger partial charge in [0.2, 0.25) is 11.6 Å². The van der Waals surface area contributed by atoms with Crippen molar-refractivity contribution in [3.63, 3.8) is 0 Å². The summed E-state index contributed by atoms with van der Waals surface area (Å²) in [6.45, 7) is 5.13. The normalized spacial score (nSPS) is 20.5. The van der Waals surface area contributed by atoms with E-state index < -0.39 is 45.0 Å². The Bertz CT molecular complexity index is 1740. The molecule has 0 spiro atoms. The molecule has 0 radical (unpaired) electrons. The molecule has 2 unspecified atom stereocenters. The van der Waals surface area contributed by atoms with Crippen LogP contribution >= 0.6 is 50.7 Å². The molecule has 0 fully saturated rings. The molecule has 2 atom stereocenters. The van der Waals surface area contributed by atoms with Gasteiger partial charge in [0.1, 0.15) is 28.0 Å². The molecule has 8 nitrogen and oxygen atoms in total. The largest absolute Gasteiger partial charge is 0.505 e. The lowest BCUT2D eigenvalue weighted by Crippen LogP contribution is -2.64. The summed E-state index contributed by atoms with van der Waals surface area (Å²) in [5.74, 6) is -3.34. The lowest BCUT2D eigenvalue weighted by atomic mass is 9.52. The van der Waals surface area contributed by atoms with E-state index in [-0.39, 0.29) is 48.9 Å². The van der Waals surface area contributed by atoms with E-state index in [0.717, 1.165) is 0 Å². The van der Waals surface area contributed by atoms with Crippen LogP contribution in [-0.2, 0) is 11.8 Å². The van der Waals surface area contributed by atoms with Gasteiger partial charge in [0.25, 0.3) is 0 Å². The molecule has 12 heteroatoms. The molecule has 42 heavy (non-hydrogen) atoms.